The fourth-order valence-electron chi connectivity index (χ4n) is 3.09. The summed E-state index contributed by atoms with van der Waals surface area (Å²) in [6.45, 7) is -0.524. The van der Waals surface area contributed by atoms with Gasteiger partial charge in [-0.05, 0) is 5.56 Å². The van der Waals surface area contributed by atoms with E-state index >= 15 is 0 Å². The zero-order valence-electron chi connectivity index (χ0n) is 14.7. The molecule has 0 spiro atoms. The number of carbonyl (C=O) groups is 4. The summed E-state index contributed by atoms with van der Waals surface area (Å²) < 4.78 is 37.7. The summed E-state index contributed by atoms with van der Waals surface area (Å²) >= 11 is 0. The summed E-state index contributed by atoms with van der Waals surface area (Å²) in [6, 6.07) is 5.63. The summed E-state index contributed by atoms with van der Waals surface area (Å²) in [6.07, 6.45) is -0.611. The first kappa shape index (κ1) is 20.7. The van der Waals surface area contributed by atoms with Crippen molar-refractivity contribution in [1.82, 2.24) is 10.4 Å². The van der Waals surface area contributed by atoms with Gasteiger partial charge in [-0.1, -0.05) is 30.3 Å². The lowest BCUT2D eigenvalue weighted by Crippen LogP contribution is -2.57. The molecule has 0 radical (unpaired) electrons. The van der Waals surface area contributed by atoms with E-state index in [1.54, 1.807) is 6.07 Å². The molecule has 0 aromatic heterocycles. The van der Waals surface area contributed by atoms with Crippen LogP contribution in [-0.4, -0.2) is 65.3 Å². The van der Waals surface area contributed by atoms with E-state index in [0.717, 1.165) is 0 Å². The van der Waals surface area contributed by atoms with Crippen molar-refractivity contribution < 1.29 is 46.8 Å². The molecule has 0 bridgehead atoms. The normalized spacial score (nSPS) is 25.6. The topological polar surface area (TPSA) is 177 Å². The van der Waals surface area contributed by atoms with Crippen LogP contribution in [0.2, 0.25) is 0 Å². The highest BCUT2D eigenvalue weighted by Gasteiger charge is 2.59. The number of rotatable bonds is 6. The van der Waals surface area contributed by atoms with E-state index in [1.807, 2.05) is 0 Å². The van der Waals surface area contributed by atoms with Crippen molar-refractivity contribution in [3.63, 3.8) is 0 Å². The van der Waals surface area contributed by atoms with Crippen molar-refractivity contribution in [3.05, 3.63) is 35.9 Å². The number of amides is 2. The third-order valence-electron chi connectivity index (χ3n) is 4.44. The monoisotopic (exact) mass is 428 g/mol. The van der Waals surface area contributed by atoms with Crippen LogP contribution in [-0.2, 0) is 38.9 Å². The largest absolute Gasteiger partial charge is 0.477 e. The Hall–Kier alpha value is -3.03. The van der Waals surface area contributed by atoms with Crippen LogP contribution >= 0.6 is 0 Å². The van der Waals surface area contributed by atoms with E-state index in [0.29, 0.717) is 5.06 Å². The lowest BCUT2D eigenvalue weighted by atomic mass is 10.1. The molecule has 2 saturated heterocycles. The average Bonchev–Trinajstić information content (AvgIpc) is 3.19. The molecule has 156 valence electrons. The Bertz CT molecular complexity index is 963. The molecule has 3 unspecified atom stereocenters. The maximum atomic E-state index is 12.6. The number of hydroxylamine groups is 2. The maximum Gasteiger partial charge on any atom is 0.372 e. The molecule has 2 fully saturated rings. The molecule has 3 atom stereocenters. The smallest absolute Gasteiger partial charge is 0.372 e. The minimum Gasteiger partial charge on any atom is -0.477 e. The van der Waals surface area contributed by atoms with Gasteiger partial charge in [0, 0.05) is 6.42 Å². The third-order valence-corrected chi connectivity index (χ3v) is 5.52. The van der Waals surface area contributed by atoms with Crippen LogP contribution in [0.15, 0.2) is 30.3 Å². The lowest BCUT2D eigenvalue weighted by Gasteiger charge is -2.30. The molecule has 3 N–H and O–H groups in total. The van der Waals surface area contributed by atoms with Crippen molar-refractivity contribution >= 4 is 33.9 Å². The number of carboxylic acid groups (broad SMARTS) is 1. The van der Waals surface area contributed by atoms with Crippen LogP contribution < -0.4 is 5.32 Å². The molecule has 29 heavy (non-hydrogen) atoms. The number of cyclic esters (lactones) is 1. The molecule has 1 aromatic carbocycles. The Kier molecular flexibility index (Phi) is 5.30. The van der Waals surface area contributed by atoms with Crippen LogP contribution in [0, 0.1) is 0 Å². The van der Waals surface area contributed by atoms with Crippen molar-refractivity contribution in [3.8, 4) is 0 Å². The highest BCUT2D eigenvalue weighted by Crippen LogP contribution is 2.34. The maximum absolute atomic E-state index is 12.6. The Morgan fingerprint density at radius 2 is 1.90 bits per heavy atom. The van der Waals surface area contributed by atoms with Crippen LogP contribution in [0.5, 0.6) is 0 Å². The Morgan fingerprint density at radius 1 is 1.24 bits per heavy atom. The first-order valence-electron chi connectivity index (χ1n) is 8.30. The number of hydrogen-bond acceptors (Lipinski definition) is 8. The van der Waals surface area contributed by atoms with Gasteiger partial charge < -0.3 is 15.2 Å². The van der Waals surface area contributed by atoms with Gasteiger partial charge in [0.05, 0.1) is 6.42 Å². The fourth-order valence-corrected chi connectivity index (χ4v) is 3.93. The molecule has 13 heteroatoms. The minimum absolute atomic E-state index is 0.0394. The highest BCUT2D eigenvalue weighted by molar-refractivity contribution is 7.86. The first-order valence-corrected chi connectivity index (χ1v) is 9.80. The third kappa shape index (κ3) is 3.79. The van der Waals surface area contributed by atoms with Crippen LogP contribution in [0.1, 0.15) is 23.7 Å². The SMILES string of the molecule is O=C1CCC(C(=O)O)(N2OCC(NC(=O)C(c3ccccc3)S(=O)(=O)O)C2=O)O1. The molecule has 2 amide bonds. The summed E-state index contributed by atoms with van der Waals surface area (Å²) in [4.78, 5) is 53.1. The van der Waals surface area contributed by atoms with Gasteiger partial charge in [0.2, 0.25) is 5.91 Å². The number of hydrogen-bond donors (Lipinski definition) is 3. The molecule has 2 aliphatic rings. The Labute approximate surface area is 164 Å². The highest BCUT2D eigenvalue weighted by atomic mass is 32.2. The van der Waals surface area contributed by atoms with Gasteiger partial charge in [0.15, 0.2) is 5.25 Å². The van der Waals surface area contributed by atoms with Gasteiger partial charge in [-0.3, -0.25) is 23.8 Å². The number of benzene rings is 1. The predicted octanol–water partition coefficient (Wildman–Crippen LogP) is -1.01. The quantitative estimate of drug-likeness (QED) is 0.376. The molecule has 2 aliphatic heterocycles. The number of nitrogens with zero attached hydrogens (tertiary/aromatic N) is 1. The Balaban J connectivity index is 1.80. The van der Waals surface area contributed by atoms with Crippen molar-refractivity contribution in [1.29, 1.82) is 0 Å². The number of ether oxygens (including phenoxy) is 1. The standard InChI is InChI=1S/C16H16N2O10S/c19-11-6-7-16(28-11,15(22)23)18-14(21)10(8-27-18)17-13(20)12(29(24,25)26)9-4-2-1-3-5-9/h1-5,10,12H,6-8H2,(H,17,20)(H,22,23)(H,24,25,26). The molecule has 2 heterocycles. The van der Waals surface area contributed by atoms with E-state index in [4.69, 9.17) is 9.57 Å². The van der Waals surface area contributed by atoms with Gasteiger partial charge in [-0.2, -0.15) is 13.5 Å². The van der Waals surface area contributed by atoms with Gasteiger partial charge in [0.25, 0.3) is 16.0 Å². The summed E-state index contributed by atoms with van der Waals surface area (Å²) in [5, 5.41) is 9.89. The van der Waals surface area contributed by atoms with Gasteiger partial charge in [-0.25, -0.2) is 4.79 Å². The first-order chi connectivity index (χ1) is 13.6. The average molecular weight is 428 g/mol. The summed E-state index contributed by atoms with van der Waals surface area (Å²) in [5.41, 5.74) is -2.40. The number of nitrogens with one attached hydrogen (secondary N) is 1. The summed E-state index contributed by atoms with van der Waals surface area (Å²) in [5.74, 6) is -4.73. The molecular formula is C16H16N2O10S. The van der Waals surface area contributed by atoms with Gasteiger partial charge in [0.1, 0.15) is 12.6 Å². The van der Waals surface area contributed by atoms with Crippen LogP contribution in [0.25, 0.3) is 0 Å². The number of aliphatic carboxylic acids is 1. The minimum atomic E-state index is -4.88. The molecule has 3 rings (SSSR count). The van der Waals surface area contributed by atoms with Crippen LogP contribution in [0.3, 0.4) is 0 Å². The van der Waals surface area contributed by atoms with E-state index in [1.165, 1.54) is 24.3 Å². The van der Waals surface area contributed by atoms with Gasteiger partial charge in [-0.15, -0.1) is 0 Å². The summed E-state index contributed by atoms with van der Waals surface area (Å²) in [7, 11) is -4.88. The molecule has 0 saturated carbocycles. The van der Waals surface area contributed by atoms with E-state index in [9.17, 15) is 37.3 Å². The fraction of sp³-hybridized carbons (Fsp3) is 0.375. The second kappa shape index (κ2) is 7.42. The van der Waals surface area contributed by atoms with Crippen LogP contribution in [0.4, 0.5) is 0 Å². The van der Waals surface area contributed by atoms with Gasteiger partial charge >= 0.3 is 17.7 Å². The molecule has 12 nitrogen and oxygen atoms in total. The van der Waals surface area contributed by atoms with E-state index in [2.05, 4.69) is 5.32 Å². The lowest BCUT2D eigenvalue weighted by molar-refractivity contribution is -0.256. The molecule has 1 aromatic rings. The molecule has 0 aliphatic carbocycles. The van der Waals surface area contributed by atoms with E-state index < -0.39 is 57.5 Å². The van der Waals surface area contributed by atoms with E-state index in [-0.39, 0.29) is 18.4 Å². The Morgan fingerprint density at radius 3 is 2.41 bits per heavy atom. The second-order valence-corrected chi connectivity index (χ2v) is 7.86. The number of carbonyl (C=O) groups excluding carboxylic acids is 3. The molecular weight excluding hydrogens is 412 g/mol. The van der Waals surface area contributed by atoms with Crippen molar-refractivity contribution in [2.75, 3.05) is 6.61 Å². The predicted molar refractivity (Wildman–Crippen MR) is 91.2 cm³/mol. The second-order valence-electron chi connectivity index (χ2n) is 6.36. The number of carboxylic acids is 1. The zero-order chi connectivity index (χ0) is 21.4. The van der Waals surface area contributed by atoms with Crippen molar-refractivity contribution in [2.24, 2.45) is 0 Å². The van der Waals surface area contributed by atoms with Crippen molar-refractivity contribution in [2.45, 2.75) is 29.9 Å². The number of esters is 1. The zero-order valence-corrected chi connectivity index (χ0v) is 15.5.